The number of aromatic carboxylic acids is 1. The minimum Gasteiger partial charge on any atom is -0.477 e. The first-order valence-corrected chi connectivity index (χ1v) is 6.74. The second-order valence-electron chi connectivity index (χ2n) is 5.78. The monoisotopic (exact) mass is 279 g/mol. The van der Waals surface area contributed by atoms with Crippen LogP contribution >= 0.6 is 0 Å². The number of hydrogen-bond donors (Lipinski definition) is 2. The van der Waals surface area contributed by atoms with E-state index in [-0.39, 0.29) is 5.69 Å². The maximum absolute atomic E-state index is 10.9. The molecule has 0 aromatic carbocycles. The van der Waals surface area contributed by atoms with Crippen molar-refractivity contribution in [3.05, 3.63) is 24.0 Å². The van der Waals surface area contributed by atoms with E-state index >= 15 is 0 Å². The van der Waals surface area contributed by atoms with Crippen molar-refractivity contribution in [2.75, 3.05) is 37.6 Å². The quantitative estimate of drug-likeness (QED) is 0.843. The highest BCUT2D eigenvalue weighted by Gasteiger charge is 2.23. The number of aliphatic hydroxyl groups is 1. The first-order chi connectivity index (χ1) is 9.35. The lowest BCUT2D eigenvalue weighted by molar-refractivity contribution is 0.0345. The molecule has 1 aromatic heterocycles. The largest absolute Gasteiger partial charge is 0.477 e. The van der Waals surface area contributed by atoms with Crippen LogP contribution in [0.4, 0.5) is 5.69 Å². The zero-order valence-corrected chi connectivity index (χ0v) is 11.9. The molecule has 0 bridgehead atoms. The number of aromatic nitrogens is 1. The van der Waals surface area contributed by atoms with Gasteiger partial charge in [-0.25, -0.2) is 9.78 Å². The third kappa shape index (κ3) is 3.91. The van der Waals surface area contributed by atoms with E-state index in [1.165, 1.54) is 6.20 Å². The summed E-state index contributed by atoms with van der Waals surface area (Å²) in [5, 5.41) is 18.8. The summed E-state index contributed by atoms with van der Waals surface area (Å²) in [4.78, 5) is 19.1. The molecule has 20 heavy (non-hydrogen) atoms. The fourth-order valence-corrected chi connectivity index (χ4v) is 2.44. The van der Waals surface area contributed by atoms with Crippen molar-refractivity contribution < 1.29 is 15.0 Å². The summed E-state index contributed by atoms with van der Waals surface area (Å²) in [7, 11) is 0. The molecule has 0 atom stereocenters. The highest BCUT2D eigenvalue weighted by atomic mass is 16.4. The van der Waals surface area contributed by atoms with Gasteiger partial charge in [-0.15, -0.1) is 0 Å². The Morgan fingerprint density at radius 1 is 1.35 bits per heavy atom. The Kier molecular flexibility index (Phi) is 4.25. The van der Waals surface area contributed by atoms with Crippen molar-refractivity contribution in [1.29, 1.82) is 0 Å². The lowest BCUT2D eigenvalue weighted by Gasteiger charge is -2.38. The number of pyridine rings is 1. The summed E-state index contributed by atoms with van der Waals surface area (Å²) in [6.45, 7) is 7.61. The molecule has 0 aliphatic carbocycles. The third-order valence-electron chi connectivity index (χ3n) is 3.31. The smallest absolute Gasteiger partial charge is 0.354 e. The average Bonchev–Trinajstić information content (AvgIpc) is 2.38. The first-order valence-electron chi connectivity index (χ1n) is 6.74. The van der Waals surface area contributed by atoms with Crippen molar-refractivity contribution in [2.24, 2.45) is 0 Å². The SMILES string of the molecule is CC(C)(O)CN1CCN(c2ccnc(C(=O)O)c2)CC1. The molecule has 6 heteroatoms. The Labute approximate surface area is 118 Å². The van der Waals surface area contributed by atoms with Crippen LogP contribution in [0, 0.1) is 0 Å². The van der Waals surface area contributed by atoms with Crippen molar-refractivity contribution in [1.82, 2.24) is 9.88 Å². The van der Waals surface area contributed by atoms with E-state index < -0.39 is 11.6 Å². The molecule has 1 aromatic rings. The summed E-state index contributed by atoms with van der Waals surface area (Å²) in [6, 6.07) is 3.44. The topological polar surface area (TPSA) is 76.9 Å². The molecule has 6 nitrogen and oxygen atoms in total. The number of piperazine rings is 1. The molecule has 0 spiro atoms. The lowest BCUT2D eigenvalue weighted by Crippen LogP contribution is -2.50. The van der Waals surface area contributed by atoms with Gasteiger partial charge in [0.25, 0.3) is 0 Å². The number of nitrogens with zero attached hydrogens (tertiary/aromatic N) is 3. The third-order valence-corrected chi connectivity index (χ3v) is 3.31. The molecule has 1 aliphatic rings. The van der Waals surface area contributed by atoms with Gasteiger partial charge < -0.3 is 15.1 Å². The molecule has 0 saturated carbocycles. The number of β-amino-alcohol motifs (C(OH)–C–C–N with tert-alkyl or cyclic N) is 1. The minimum atomic E-state index is -1.01. The molecule has 0 amide bonds. The minimum absolute atomic E-state index is 0.0708. The normalized spacial score (nSPS) is 17.2. The standard InChI is InChI=1S/C14H21N3O3/c1-14(2,20)10-16-5-7-17(8-6-16)11-3-4-15-12(9-11)13(18)19/h3-4,9,20H,5-8,10H2,1-2H3,(H,18,19). The number of carboxylic acid groups (broad SMARTS) is 1. The van der Waals surface area contributed by atoms with Gasteiger partial charge in [-0.05, 0) is 26.0 Å². The molecule has 0 radical (unpaired) electrons. The van der Waals surface area contributed by atoms with E-state index in [1.807, 2.05) is 6.07 Å². The van der Waals surface area contributed by atoms with Gasteiger partial charge in [0.1, 0.15) is 5.69 Å². The van der Waals surface area contributed by atoms with Crippen molar-refractivity contribution in [3.8, 4) is 0 Å². The van der Waals surface area contributed by atoms with Crippen molar-refractivity contribution >= 4 is 11.7 Å². The van der Waals surface area contributed by atoms with E-state index in [0.717, 1.165) is 31.9 Å². The van der Waals surface area contributed by atoms with Gasteiger partial charge in [0.15, 0.2) is 0 Å². The zero-order chi connectivity index (χ0) is 14.8. The van der Waals surface area contributed by atoms with Gasteiger partial charge in [-0.3, -0.25) is 4.90 Å². The molecular formula is C14H21N3O3. The fraction of sp³-hybridized carbons (Fsp3) is 0.571. The summed E-state index contributed by atoms with van der Waals surface area (Å²) in [5.41, 5.74) is 0.275. The average molecular weight is 279 g/mol. The second-order valence-corrected chi connectivity index (χ2v) is 5.78. The molecule has 2 N–H and O–H groups in total. The van der Waals surface area contributed by atoms with Gasteiger partial charge >= 0.3 is 5.97 Å². The Morgan fingerprint density at radius 3 is 2.55 bits per heavy atom. The molecule has 1 aliphatic heterocycles. The lowest BCUT2D eigenvalue weighted by atomic mass is 10.1. The van der Waals surface area contributed by atoms with Crippen LogP contribution in [0.5, 0.6) is 0 Å². The molecular weight excluding hydrogens is 258 g/mol. The fourth-order valence-electron chi connectivity index (χ4n) is 2.44. The molecule has 110 valence electrons. The molecule has 2 rings (SSSR count). The van der Waals surface area contributed by atoms with Crippen LogP contribution < -0.4 is 4.90 Å². The number of hydrogen-bond acceptors (Lipinski definition) is 5. The van der Waals surface area contributed by atoms with Crippen LogP contribution in [0.25, 0.3) is 0 Å². The van der Waals surface area contributed by atoms with Gasteiger partial charge in [-0.1, -0.05) is 0 Å². The summed E-state index contributed by atoms with van der Waals surface area (Å²) in [5.74, 6) is -1.01. The maximum atomic E-state index is 10.9. The van der Waals surface area contributed by atoms with E-state index in [9.17, 15) is 9.90 Å². The molecule has 1 saturated heterocycles. The number of carbonyl (C=O) groups is 1. The van der Waals surface area contributed by atoms with Crippen molar-refractivity contribution in [3.63, 3.8) is 0 Å². The second kappa shape index (κ2) is 5.76. The van der Waals surface area contributed by atoms with Crippen LogP contribution in [0.3, 0.4) is 0 Å². The van der Waals surface area contributed by atoms with E-state index in [1.54, 1.807) is 19.9 Å². The van der Waals surface area contributed by atoms with E-state index in [0.29, 0.717) is 6.54 Å². The van der Waals surface area contributed by atoms with Crippen LogP contribution in [0.15, 0.2) is 18.3 Å². The molecule has 2 heterocycles. The van der Waals surface area contributed by atoms with E-state index in [4.69, 9.17) is 5.11 Å². The number of anilines is 1. The summed E-state index contributed by atoms with van der Waals surface area (Å²) >= 11 is 0. The summed E-state index contributed by atoms with van der Waals surface area (Å²) in [6.07, 6.45) is 1.53. The Bertz CT molecular complexity index is 477. The van der Waals surface area contributed by atoms with Gasteiger partial charge in [0, 0.05) is 44.6 Å². The number of carboxylic acids is 1. The van der Waals surface area contributed by atoms with Crippen LogP contribution in [-0.4, -0.2) is 64.4 Å². The summed E-state index contributed by atoms with van der Waals surface area (Å²) < 4.78 is 0. The van der Waals surface area contributed by atoms with Crippen LogP contribution in [0.1, 0.15) is 24.3 Å². The molecule has 1 fully saturated rings. The Hall–Kier alpha value is -1.66. The van der Waals surface area contributed by atoms with E-state index in [2.05, 4.69) is 14.8 Å². The van der Waals surface area contributed by atoms with Gasteiger partial charge in [0.05, 0.1) is 5.60 Å². The zero-order valence-electron chi connectivity index (χ0n) is 11.9. The van der Waals surface area contributed by atoms with Gasteiger partial charge in [0.2, 0.25) is 0 Å². The Morgan fingerprint density at radius 2 is 2.00 bits per heavy atom. The number of rotatable bonds is 4. The van der Waals surface area contributed by atoms with Gasteiger partial charge in [-0.2, -0.15) is 0 Å². The highest BCUT2D eigenvalue weighted by Crippen LogP contribution is 2.17. The highest BCUT2D eigenvalue weighted by molar-refractivity contribution is 5.86. The predicted octanol–water partition coefficient (Wildman–Crippen LogP) is 0.673. The molecule has 0 unspecified atom stereocenters. The Balaban J connectivity index is 1.97. The maximum Gasteiger partial charge on any atom is 0.354 e. The van der Waals surface area contributed by atoms with Crippen molar-refractivity contribution in [2.45, 2.75) is 19.4 Å². The van der Waals surface area contributed by atoms with Crippen LogP contribution in [-0.2, 0) is 0 Å². The first kappa shape index (κ1) is 14.7. The predicted molar refractivity (Wildman–Crippen MR) is 76.1 cm³/mol. The van der Waals surface area contributed by atoms with Crippen LogP contribution in [0.2, 0.25) is 0 Å².